The fourth-order valence-corrected chi connectivity index (χ4v) is 3.96. The summed E-state index contributed by atoms with van der Waals surface area (Å²) in [6, 6.07) is 8.91. The molecule has 2 N–H and O–H groups in total. The molecule has 2 heterocycles. The highest BCUT2D eigenvalue weighted by Gasteiger charge is 2.15. The maximum Gasteiger partial charge on any atom is 0.262 e. The van der Waals surface area contributed by atoms with E-state index in [1.165, 1.54) is 4.57 Å². The highest BCUT2D eigenvalue weighted by atomic mass is 32.1. The van der Waals surface area contributed by atoms with Crippen LogP contribution in [0.2, 0.25) is 0 Å². The zero-order chi connectivity index (χ0) is 20.3. The summed E-state index contributed by atoms with van der Waals surface area (Å²) >= 11 is 1.57. The molecule has 0 saturated carbocycles. The molecule has 3 rings (SSSR count). The summed E-state index contributed by atoms with van der Waals surface area (Å²) in [5, 5.41) is 0.522. The van der Waals surface area contributed by atoms with Crippen molar-refractivity contribution in [3.8, 4) is 0 Å². The highest BCUT2D eigenvalue weighted by Crippen LogP contribution is 2.22. The fraction of sp³-hybridized carbons (Fsp3) is 0.300. The van der Waals surface area contributed by atoms with Crippen LogP contribution < -0.4 is 16.4 Å². The normalized spacial score (nSPS) is 10.8. The summed E-state index contributed by atoms with van der Waals surface area (Å²) < 4.78 is 1.45. The molecular formula is C20H22N4O3S. The predicted octanol–water partition coefficient (Wildman–Crippen LogP) is 3.20. The van der Waals surface area contributed by atoms with E-state index in [-0.39, 0.29) is 36.0 Å². The number of Topliss-reactive ketones (excluding diaryl/α,β-unsaturated/α-hetero) is 1. The number of carbonyl (C=O) groups excluding carboxylic acids is 2. The van der Waals surface area contributed by atoms with E-state index < -0.39 is 0 Å². The second-order valence-corrected chi connectivity index (χ2v) is 7.89. The minimum Gasteiger partial charge on any atom is -0.294 e. The summed E-state index contributed by atoms with van der Waals surface area (Å²) in [5.74, 6) is -0.135. The lowest BCUT2D eigenvalue weighted by Crippen LogP contribution is -2.34. The topological polar surface area (TPSA) is 93.1 Å². The molecule has 0 aliphatic carbocycles. The Bertz CT molecular complexity index is 1100. The van der Waals surface area contributed by atoms with Crippen LogP contribution in [0.4, 0.5) is 5.95 Å². The Morgan fingerprint density at radius 3 is 2.61 bits per heavy atom. The molecule has 0 fully saturated rings. The van der Waals surface area contributed by atoms with Gasteiger partial charge in [0.15, 0.2) is 5.78 Å². The molecule has 3 aromatic rings. The van der Waals surface area contributed by atoms with Gasteiger partial charge in [-0.25, -0.2) is 4.98 Å². The van der Waals surface area contributed by atoms with Crippen molar-refractivity contribution in [1.82, 2.24) is 15.0 Å². The average molecular weight is 398 g/mol. The van der Waals surface area contributed by atoms with Crippen LogP contribution in [0, 0.1) is 13.8 Å². The lowest BCUT2D eigenvalue weighted by Gasteiger charge is -2.13. The van der Waals surface area contributed by atoms with E-state index in [2.05, 4.69) is 15.8 Å². The van der Waals surface area contributed by atoms with E-state index in [4.69, 9.17) is 0 Å². The van der Waals surface area contributed by atoms with Gasteiger partial charge in [0.05, 0.1) is 10.9 Å². The van der Waals surface area contributed by atoms with Gasteiger partial charge in [-0.05, 0) is 39.0 Å². The summed E-state index contributed by atoms with van der Waals surface area (Å²) in [7, 11) is 0. The molecule has 0 aliphatic rings. The minimum atomic E-state index is -0.344. The Labute approximate surface area is 166 Å². The van der Waals surface area contributed by atoms with Crippen molar-refractivity contribution >= 4 is 39.9 Å². The van der Waals surface area contributed by atoms with Crippen molar-refractivity contribution in [2.45, 2.75) is 40.2 Å². The maximum absolute atomic E-state index is 12.6. The molecule has 1 aromatic carbocycles. The highest BCUT2D eigenvalue weighted by molar-refractivity contribution is 7.12. The monoisotopic (exact) mass is 398 g/mol. The molecular weight excluding hydrogens is 376 g/mol. The number of carbonyl (C=O) groups is 2. The standard InChI is InChI=1S/C20H22N4O3S/c1-4-24-19(27)14-7-5-6-8-16(14)21-20(24)23-22-18(26)10-9-17(25)15-11-12(2)28-13(15)3/h5-8,11H,4,9-10H2,1-3H3,(H,21,23)(H,22,26). The van der Waals surface area contributed by atoms with Crippen LogP contribution in [-0.4, -0.2) is 21.2 Å². The molecule has 0 spiro atoms. The van der Waals surface area contributed by atoms with Crippen LogP contribution >= 0.6 is 11.3 Å². The summed E-state index contributed by atoms with van der Waals surface area (Å²) in [6.45, 7) is 6.09. The van der Waals surface area contributed by atoms with E-state index in [9.17, 15) is 14.4 Å². The van der Waals surface area contributed by atoms with Gasteiger partial charge in [-0.1, -0.05) is 12.1 Å². The van der Waals surface area contributed by atoms with Crippen molar-refractivity contribution in [2.24, 2.45) is 0 Å². The number of amides is 1. The number of hydrogen-bond donors (Lipinski definition) is 2. The molecule has 7 nitrogen and oxygen atoms in total. The van der Waals surface area contributed by atoms with Crippen molar-refractivity contribution in [3.05, 3.63) is 56.0 Å². The third-order valence-electron chi connectivity index (χ3n) is 4.41. The number of aryl methyl sites for hydroxylation is 2. The SMILES string of the molecule is CCn1c(NNC(=O)CCC(=O)c2cc(C)sc2C)nc2ccccc2c1=O. The number of benzene rings is 1. The van der Waals surface area contributed by atoms with Gasteiger partial charge < -0.3 is 0 Å². The number of para-hydroxylation sites is 1. The van der Waals surface area contributed by atoms with Crippen molar-refractivity contribution in [3.63, 3.8) is 0 Å². The van der Waals surface area contributed by atoms with E-state index in [1.807, 2.05) is 26.8 Å². The summed E-state index contributed by atoms with van der Waals surface area (Å²) in [5.41, 5.74) is 6.30. The molecule has 0 saturated heterocycles. The van der Waals surface area contributed by atoms with Crippen LogP contribution in [0.15, 0.2) is 35.1 Å². The summed E-state index contributed by atoms with van der Waals surface area (Å²) in [4.78, 5) is 43.5. The minimum absolute atomic E-state index is 0.0457. The molecule has 0 unspecified atom stereocenters. The number of thiophene rings is 1. The van der Waals surface area contributed by atoms with Crippen LogP contribution in [-0.2, 0) is 11.3 Å². The first-order valence-electron chi connectivity index (χ1n) is 9.05. The molecule has 2 aromatic heterocycles. The lowest BCUT2D eigenvalue weighted by molar-refractivity contribution is -0.120. The van der Waals surface area contributed by atoms with Gasteiger partial charge in [0, 0.05) is 34.7 Å². The fourth-order valence-electron chi connectivity index (χ4n) is 3.01. The average Bonchev–Trinajstić information content (AvgIpc) is 3.02. The molecule has 0 radical (unpaired) electrons. The number of hydrogen-bond acceptors (Lipinski definition) is 6. The number of fused-ring (bicyclic) bond motifs is 1. The van der Waals surface area contributed by atoms with Crippen LogP contribution in [0.5, 0.6) is 0 Å². The van der Waals surface area contributed by atoms with Crippen LogP contribution in [0.3, 0.4) is 0 Å². The van der Waals surface area contributed by atoms with Gasteiger partial charge in [-0.15, -0.1) is 11.3 Å². The molecule has 0 bridgehead atoms. The third kappa shape index (κ3) is 4.12. The van der Waals surface area contributed by atoms with E-state index in [0.29, 0.717) is 23.0 Å². The Balaban J connectivity index is 1.65. The van der Waals surface area contributed by atoms with Gasteiger partial charge in [0.1, 0.15) is 0 Å². The quantitative estimate of drug-likeness (QED) is 0.471. The zero-order valence-electron chi connectivity index (χ0n) is 16.0. The molecule has 0 aliphatic heterocycles. The number of rotatable bonds is 7. The maximum atomic E-state index is 12.6. The number of aromatic nitrogens is 2. The number of hydrazine groups is 1. The van der Waals surface area contributed by atoms with Crippen molar-refractivity contribution in [1.29, 1.82) is 0 Å². The first-order valence-corrected chi connectivity index (χ1v) is 9.87. The van der Waals surface area contributed by atoms with Gasteiger partial charge >= 0.3 is 0 Å². The molecule has 28 heavy (non-hydrogen) atoms. The number of anilines is 1. The smallest absolute Gasteiger partial charge is 0.262 e. The molecule has 0 atom stereocenters. The largest absolute Gasteiger partial charge is 0.294 e. The van der Waals surface area contributed by atoms with Gasteiger partial charge in [0.2, 0.25) is 11.9 Å². The second-order valence-electron chi connectivity index (χ2n) is 6.43. The second kappa shape index (κ2) is 8.35. The number of ketones is 1. The van der Waals surface area contributed by atoms with Gasteiger partial charge in [0.25, 0.3) is 5.56 Å². The Morgan fingerprint density at radius 1 is 1.18 bits per heavy atom. The van der Waals surface area contributed by atoms with Crippen LogP contribution in [0.1, 0.15) is 39.9 Å². The third-order valence-corrected chi connectivity index (χ3v) is 5.38. The number of nitrogens with zero attached hydrogens (tertiary/aromatic N) is 2. The Kier molecular flexibility index (Phi) is 5.89. The molecule has 146 valence electrons. The van der Waals surface area contributed by atoms with E-state index in [0.717, 1.165) is 9.75 Å². The van der Waals surface area contributed by atoms with Gasteiger partial charge in [-0.2, -0.15) is 0 Å². The first kappa shape index (κ1) is 19.8. The first-order chi connectivity index (χ1) is 13.4. The van der Waals surface area contributed by atoms with E-state index >= 15 is 0 Å². The van der Waals surface area contributed by atoms with Crippen molar-refractivity contribution in [2.75, 3.05) is 5.43 Å². The van der Waals surface area contributed by atoms with E-state index in [1.54, 1.807) is 35.6 Å². The van der Waals surface area contributed by atoms with Gasteiger partial charge in [-0.3, -0.25) is 29.8 Å². The Morgan fingerprint density at radius 2 is 1.93 bits per heavy atom. The zero-order valence-corrected chi connectivity index (χ0v) is 16.9. The van der Waals surface area contributed by atoms with Crippen molar-refractivity contribution < 1.29 is 9.59 Å². The molecule has 8 heteroatoms. The molecule has 1 amide bonds. The predicted molar refractivity (Wildman–Crippen MR) is 111 cm³/mol. The summed E-state index contributed by atoms with van der Waals surface area (Å²) in [6.07, 6.45) is 0.167. The Hall–Kier alpha value is -3.00. The lowest BCUT2D eigenvalue weighted by atomic mass is 10.1. The number of nitrogens with one attached hydrogen (secondary N) is 2. The van der Waals surface area contributed by atoms with Crippen LogP contribution in [0.25, 0.3) is 10.9 Å².